The van der Waals surface area contributed by atoms with E-state index in [0.717, 1.165) is 23.3 Å². The van der Waals surface area contributed by atoms with Crippen LogP contribution in [0.1, 0.15) is 6.92 Å². The van der Waals surface area contributed by atoms with Crippen molar-refractivity contribution in [2.24, 2.45) is 0 Å². The number of aliphatic hydroxyl groups is 1. The van der Waals surface area contributed by atoms with Crippen molar-refractivity contribution < 1.29 is 14.6 Å². The van der Waals surface area contributed by atoms with Crippen LogP contribution < -0.4 is 4.74 Å². The van der Waals surface area contributed by atoms with E-state index in [4.69, 9.17) is 14.6 Å². The first-order valence-corrected chi connectivity index (χ1v) is 7.34. The Morgan fingerprint density at radius 3 is 3.00 bits per heavy atom. The molecule has 0 spiro atoms. The van der Waals surface area contributed by atoms with Crippen molar-refractivity contribution in [3.05, 3.63) is 28.7 Å². The van der Waals surface area contributed by atoms with Gasteiger partial charge in [-0.05, 0) is 35.0 Å². The van der Waals surface area contributed by atoms with Gasteiger partial charge in [0, 0.05) is 19.1 Å². The minimum absolute atomic E-state index is 0.0698. The van der Waals surface area contributed by atoms with Crippen LogP contribution in [0.4, 0.5) is 0 Å². The largest absolute Gasteiger partial charge is 0.491 e. The molecule has 0 aromatic heterocycles. The number of para-hydroxylation sites is 1. The van der Waals surface area contributed by atoms with E-state index < -0.39 is 0 Å². The van der Waals surface area contributed by atoms with Gasteiger partial charge in [0.25, 0.3) is 0 Å². The molecule has 2 atom stereocenters. The summed E-state index contributed by atoms with van der Waals surface area (Å²) < 4.78 is 12.2. The second-order valence-corrected chi connectivity index (χ2v) is 5.62. The molecule has 1 aliphatic rings. The van der Waals surface area contributed by atoms with Gasteiger partial charge in [-0.3, -0.25) is 4.90 Å². The fraction of sp³-hybridized carbons (Fsp3) is 0.571. The minimum Gasteiger partial charge on any atom is -0.491 e. The number of morpholine rings is 1. The molecule has 1 saturated heterocycles. The fourth-order valence-corrected chi connectivity index (χ4v) is 2.53. The third-order valence-electron chi connectivity index (χ3n) is 3.31. The summed E-state index contributed by atoms with van der Waals surface area (Å²) in [5, 5.41) is 9.15. The predicted octanol–water partition coefficient (Wildman–Crippen LogP) is 1.91. The van der Waals surface area contributed by atoms with Crippen LogP contribution in [-0.4, -0.2) is 55.1 Å². The van der Waals surface area contributed by atoms with E-state index in [2.05, 4.69) is 27.8 Å². The summed E-state index contributed by atoms with van der Waals surface area (Å²) in [6, 6.07) is 8.20. The second kappa shape index (κ2) is 7.24. The number of ether oxygens (including phenoxy) is 2. The molecule has 0 saturated carbocycles. The van der Waals surface area contributed by atoms with Crippen molar-refractivity contribution in [2.75, 3.05) is 32.9 Å². The second-order valence-electron chi connectivity index (χ2n) is 4.76. The quantitative estimate of drug-likeness (QED) is 0.896. The number of aliphatic hydroxyl groups excluding tert-OH is 1. The molecule has 0 unspecified atom stereocenters. The molecular formula is C14H20BrNO3. The SMILES string of the molecule is C[C@@H]1CO[C@@H](CO)CN1CCOc1ccccc1Br. The molecule has 5 heteroatoms. The molecule has 0 bridgehead atoms. The van der Waals surface area contributed by atoms with Gasteiger partial charge >= 0.3 is 0 Å². The monoisotopic (exact) mass is 329 g/mol. The smallest absolute Gasteiger partial charge is 0.133 e. The third kappa shape index (κ3) is 4.18. The van der Waals surface area contributed by atoms with Gasteiger partial charge < -0.3 is 14.6 Å². The number of nitrogens with zero attached hydrogens (tertiary/aromatic N) is 1. The lowest BCUT2D eigenvalue weighted by Gasteiger charge is -2.37. The first kappa shape index (κ1) is 14.8. The maximum absolute atomic E-state index is 9.15. The van der Waals surface area contributed by atoms with Crippen LogP contribution in [0.5, 0.6) is 5.75 Å². The Morgan fingerprint density at radius 2 is 2.26 bits per heavy atom. The summed E-state index contributed by atoms with van der Waals surface area (Å²) in [7, 11) is 0. The number of rotatable bonds is 5. The molecule has 0 radical (unpaired) electrons. The van der Waals surface area contributed by atoms with Crippen LogP contribution in [0.2, 0.25) is 0 Å². The molecule has 0 amide bonds. The predicted molar refractivity (Wildman–Crippen MR) is 77.5 cm³/mol. The number of hydrogen-bond donors (Lipinski definition) is 1. The third-order valence-corrected chi connectivity index (χ3v) is 3.97. The highest BCUT2D eigenvalue weighted by atomic mass is 79.9. The van der Waals surface area contributed by atoms with Gasteiger partial charge in [-0.1, -0.05) is 12.1 Å². The van der Waals surface area contributed by atoms with Gasteiger partial charge in [0.05, 0.1) is 23.8 Å². The first-order chi connectivity index (χ1) is 9.20. The van der Waals surface area contributed by atoms with Crippen LogP contribution in [-0.2, 0) is 4.74 Å². The average molecular weight is 330 g/mol. The Kier molecular flexibility index (Phi) is 5.63. The molecule has 1 N–H and O–H groups in total. The van der Waals surface area contributed by atoms with Gasteiger partial charge in [-0.25, -0.2) is 0 Å². The van der Waals surface area contributed by atoms with Gasteiger partial charge in [-0.2, -0.15) is 0 Å². The highest BCUT2D eigenvalue weighted by molar-refractivity contribution is 9.10. The van der Waals surface area contributed by atoms with E-state index in [9.17, 15) is 0 Å². The maximum Gasteiger partial charge on any atom is 0.133 e. The Bertz CT molecular complexity index is 402. The van der Waals surface area contributed by atoms with E-state index >= 15 is 0 Å². The molecule has 1 aliphatic heterocycles. The Morgan fingerprint density at radius 1 is 1.47 bits per heavy atom. The summed E-state index contributed by atoms with van der Waals surface area (Å²) in [4.78, 5) is 2.29. The van der Waals surface area contributed by atoms with Crippen molar-refractivity contribution in [1.29, 1.82) is 0 Å². The van der Waals surface area contributed by atoms with E-state index in [1.54, 1.807) is 0 Å². The molecule has 4 nitrogen and oxygen atoms in total. The number of hydrogen-bond acceptors (Lipinski definition) is 4. The number of benzene rings is 1. The fourth-order valence-electron chi connectivity index (χ4n) is 2.13. The lowest BCUT2D eigenvalue weighted by molar-refractivity contribution is -0.0798. The lowest BCUT2D eigenvalue weighted by atomic mass is 10.2. The van der Waals surface area contributed by atoms with Gasteiger partial charge in [-0.15, -0.1) is 0 Å². The molecule has 1 heterocycles. The van der Waals surface area contributed by atoms with Crippen molar-refractivity contribution in [3.8, 4) is 5.75 Å². The molecule has 106 valence electrons. The Labute approximate surface area is 122 Å². The Hall–Kier alpha value is -0.620. The van der Waals surface area contributed by atoms with Crippen molar-refractivity contribution in [2.45, 2.75) is 19.1 Å². The van der Waals surface area contributed by atoms with E-state index in [-0.39, 0.29) is 12.7 Å². The molecule has 0 aliphatic carbocycles. The molecule has 2 rings (SSSR count). The zero-order valence-corrected chi connectivity index (χ0v) is 12.7. The molecular weight excluding hydrogens is 310 g/mol. The Balaban J connectivity index is 1.80. The molecule has 1 aromatic rings. The normalized spacial score (nSPS) is 24.4. The standard InChI is InChI=1S/C14H20BrNO3/c1-11-10-19-12(9-17)8-16(11)6-7-18-14-5-3-2-4-13(14)15/h2-5,11-12,17H,6-10H2,1H3/t11-,12-/m1/s1. The molecule has 1 fully saturated rings. The van der Waals surface area contributed by atoms with Crippen molar-refractivity contribution >= 4 is 15.9 Å². The summed E-state index contributed by atoms with van der Waals surface area (Å²) in [6.07, 6.45) is -0.0698. The van der Waals surface area contributed by atoms with Gasteiger partial charge in [0.2, 0.25) is 0 Å². The highest BCUT2D eigenvalue weighted by Gasteiger charge is 2.25. The van der Waals surface area contributed by atoms with Crippen LogP contribution in [0, 0.1) is 0 Å². The van der Waals surface area contributed by atoms with Crippen LogP contribution in [0.3, 0.4) is 0 Å². The van der Waals surface area contributed by atoms with E-state index in [0.29, 0.717) is 19.3 Å². The van der Waals surface area contributed by atoms with Crippen molar-refractivity contribution in [3.63, 3.8) is 0 Å². The summed E-state index contributed by atoms with van der Waals surface area (Å²) in [6.45, 7) is 5.10. The lowest BCUT2D eigenvalue weighted by Crippen LogP contribution is -2.50. The number of halogens is 1. The average Bonchev–Trinajstić information content (AvgIpc) is 2.43. The van der Waals surface area contributed by atoms with Crippen LogP contribution in [0.25, 0.3) is 0 Å². The topological polar surface area (TPSA) is 41.9 Å². The molecule has 1 aromatic carbocycles. The summed E-state index contributed by atoms with van der Waals surface area (Å²) >= 11 is 3.46. The summed E-state index contributed by atoms with van der Waals surface area (Å²) in [5.41, 5.74) is 0. The minimum atomic E-state index is -0.0698. The zero-order valence-electron chi connectivity index (χ0n) is 11.1. The van der Waals surface area contributed by atoms with Crippen LogP contribution >= 0.6 is 15.9 Å². The van der Waals surface area contributed by atoms with Crippen molar-refractivity contribution in [1.82, 2.24) is 4.90 Å². The highest BCUT2D eigenvalue weighted by Crippen LogP contribution is 2.23. The summed E-state index contributed by atoms with van der Waals surface area (Å²) in [5.74, 6) is 0.863. The first-order valence-electron chi connectivity index (χ1n) is 6.54. The van der Waals surface area contributed by atoms with Gasteiger partial charge in [0.15, 0.2) is 0 Å². The van der Waals surface area contributed by atoms with E-state index in [1.165, 1.54) is 0 Å². The van der Waals surface area contributed by atoms with E-state index in [1.807, 2.05) is 24.3 Å². The zero-order chi connectivity index (χ0) is 13.7. The maximum atomic E-state index is 9.15. The van der Waals surface area contributed by atoms with Gasteiger partial charge in [0.1, 0.15) is 12.4 Å². The molecule has 19 heavy (non-hydrogen) atoms. The van der Waals surface area contributed by atoms with Crippen LogP contribution in [0.15, 0.2) is 28.7 Å².